The van der Waals surface area contributed by atoms with Crippen molar-refractivity contribution in [1.29, 1.82) is 0 Å². The minimum absolute atomic E-state index is 0.718. The van der Waals surface area contributed by atoms with E-state index in [1.165, 1.54) is 11.1 Å². The van der Waals surface area contributed by atoms with Crippen LogP contribution in [0.15, 0.2) is 18.2 Å². The van der Waals surface area contributed by atoms with E-state index in [-0.39, 0.29) is 0 Å². The Balaban J connectivity index is 2.16. The molecular weight excluding hydrogens is 212 g/mol. The topological polar surface area (TPSA) is 24.5 Å². The van der Waals surface area contributed by atoms with Gasteiger partial charge in [-0.2, -0.15) is 0 Å². The van der Waals surface area contributed by atoms with Crippen LogP contribution >= 0.6 is 0 Å². The maximum absolute atomic E-state index is 5.67. The molecule has 0 saturated heterocycles. The van der Waals surface area contributed by atoms with Crippen molar-refractivity contribution in [2.75, 3.05) is 40.3 Å². The van der Waals surface area contributed by atoms with Gasteiger partial charge in [0.15, 0.2) is 0 Å². The zero-order chi connectivity index (χ0) is 12.7. The summed E-state index contributed by atoms with van der Waals surface area (Å²) in [7, 11) is 4.15. The van der Waals surface area contributed by atoms with Gasteiger partial charge in [-0.3, -0.25) is 0 Å². The van der Waals surface area contributed by atoms with Gasteiger partial charge >= 0.3 is 0 Å². The number of benzene rings is 1. The Hall–Kier alpha value is -1.06. The van der Waals surface area contributed by atoms with Crippen molar-refractivity contribution in [3.05, 3.63) is 29.3 Å². The molecule has 0 aliphatic rings. The monoisotopic (exact) mass is 236 g/mol. The SMILES string of the molecule is Cc1ccc(OCCNCCN(C)C)cc1C. The molecule has 1 aromatic carbocycles. The van der Waals surface area contributed by atoms with Gasteiger partial charge in [-0.1, -0.05) is 6.07 Å². The first kappa shape index (κ1) is 14.0. The van der Waals surface area contributed by atoms with Gasteiger partial charge in [0, 0.05) is 19.6 Å². The van der Waals surface area contributed by atoms with E-state index < -0.39 is 0 Å². The second-order valence-electron chi connectivity index (χ2n) is 4.65. The van der Waals surface area contributed by atoms with Crippen molar-refractivity contribution in [3.63, 3.8) is 0 Å². The van der Waals surface area contributed by atoms with Crippen molar-refractivity contribution in [2.24, 2.45) is 0 Å². The van der Waals surface area contributed by atoms with Crippen LogP contribution in [0, 0.1) is 13.8 Å². The number of nitrogens with one attached hydrogen (secondary N) is 1. The molecule has 0 heterocycles. The lowest BCUT2D eigenvalue weighted by molar-refractivity contribution is 0.308. The Morgan fingerprint density at radius 3 is 2.53 bits per heavy atom. The molecule has 1 rings (SSSR count). The van der Waals surface area contributed by atoms with Crippen LogP contribution in [0.2, 0.25) is 0 Å². The molecule has 0 saturated carbocycles. The molecule has 1 aromatic rings. The summed E-state index contributed by atoms with van der Waals surface area (Å²) in [5, 5.41) is 3.35. The zero-order valence-electron chi connectivity index (χ0n) is 11.4. The van der Waals surface area contributed by atoms with Gasteiger partial charge in [-0.15, -0.1) is 0 Å². The van der Waals surface area contributed by atoms with Crippen LogP contribution < -0.4 is 10.1 Å². The minimum Gasteiger partial charge on any atom is -0.492 e. The fourth-order valence-electron chi connectivity index (χ4n) is 1.47. The third-order valence-corrected chi connectivity index (χ3v) is 2.76. The number of likely N-dealkylation sites (N-methyl/N-ethyl adjacent to an activating group) is 1. The highest BCUT2D eigenvalue weighted by Crippen LogP contribution is 2.15. The van der Waals surface area contributed by atoms with Crippen LogP contribution in [0.3, 0.4) is 0 Å². The molecule has 96 valence electrons. The Morgan fingerprint density at radius 1 is 1.12 bits per heavy atom. The van der Waals surface area contributed by atoms with Crippen LogP contribution in [0.5, 0.6) is 5.75 Å². The van der Waals surface area contributed by atoms with Gasteiger partial charge < -0.3 is 15.0 Å². The maximum Gasteiger partial charge on any atom is 0.119 e. The van der Waals surface area contributed by atoms with Gasteiger partial charge in [0.2, 0.25) is 0 Å². The molecule has 17 heavy (non-hydrogen) atoms. The Labute approximate surface area is 105 Å². The number of ether oxygens (including phenoxy) is 1. The molecule has 1 N–H and O–H groups in total. The van der Waals surface area contributed by atoms with E-state index in [1.54, 1.807) is 0 Å². The van der Waals surface area contributed by atoms with Crippen LogP contribution in [-0.4, -0.2) is 45.2 Å². The molecule has 0 radical (unpaired) electrons. The third-order valence-electron chi connectivity index (χ3n) is 2.76. The molecule has 0 unspecified atom stereocenters. The molecule has 0 fully saturated rings. The number of nitrogens with zero attached hydrogens (tertiary/aromatic N) is 1. The third kappa shape index (κ3) is 5.71. The highest BCUT2D eigenvalue weighted by atomic mass is 16.5. The van der Waals surface area contributed by atoms with E-state index in [0.717, 1.165) is 32.0 Å². The van der Waals surface area contributed by atoms with Gasteiger partial charge in [-0.05, 0) is 51.2 Å². The first-order valence-electron chi connectivity index (χ1n) is 6.15. The van der Waals surface area contributed by atoms with Crippen molar-refractivity contribution < 1.29 is 4.74 Å². The van der Waals surface area contributed by atoms with Gasteiger partial charge in [-0.25, -0.2) is 0 Å². The fraction of sp³-hybridized carbons (Fsp3) is 0.571. The lowest BCUT2D eigenvalue weighted by atomic mass is 10.1. The van der Waals surface area contributed by atoms with Crippen LogP contribution in [-0.2, 0) is 0 Å². The van der Waals surface area contributed by atoms with Crippen molar-refractivity contribution in [3.8, 4) is 5.75 Å². The summed E-state index contributed by atoms with van der Waals surface area (Å²) in [4.78, 5) is 2.16. The normalized spacial score (nSPS) is 10.9. The van der Waals surface area contributed by atoms with Crippen molar-refractivity contribution in [1.82, 2.24) is 10.2 Å². The van der Waals surface area contributed by atoms with E-state index in [4.69, 9.17) is 4.74 Å². The number of hydrogen-bond donors (Lipinski definition) is 1. The van der Waals surface area contributed by atoms with Gasteiger partial charge in [0.05, 0.1) is 0 Å². The first-order valence-corrected chi connectivity index (χ1v) is 6.15. The van der Waals surface area contributed by atoms with E-state index in [0.29, 0.717) is 0 Å². The highest BCUT2D eigenvalue weighted by molar-refractivity contribution is 5.33. The average molecular weight is 236 g/mol. The van der Waals surface area contributed by atoms with E-state index in [2.05, 4.69) is 50.3 Å². The Morgan fingerprint density at radius 2 is 1.88 bits per heavy atom. The van der Waals surface area contributed by atoms with E-state index in [9.17, 15) is 0 Å². The second kappa shape index (κ2) is 7.30. The van der Waals surface area contributed by atoms with Crippen molar-refractivity contribution in [2.45, 2.75) is 13.8 Å². The molecule has 3 nitrogen and oxygen atoms in total. The standard InChI is InChI=1S/C14H24N2O/c1-12-5-6-14(11-13(12)2)17-10-8-15-7-9-16(3)4/h5-6,11,15H,7-10H2,1-4H3. The summed E-state index contributed by atoms with van der Waals surface area (Å²) in [6.07, 6.45) is 0. The number of aryl methyl sites for hydroxylation is 2. The molecular formula is C14H24N2O. The highest BCUT2D eigenvalue weighted by Gasteiger charge is 1.97. The quantitative estimate of drug-likeness (QED) is 0.731. The molecule has 0 bridgehead atoms. The van der Waals surface area contributed by atoms with Gasteiger partial charge in [0.25, 0.3) is 0 Å². The lowest BCUT2D eigenvalue weighted by Crippen LogP contribution is -2.29. The number of hydrogen-bond acceptors (Lipinski definition) is 3. The molecule has 3 heteroatoms. The molecule has 0 aliphatic carbocycles. The summed E-state index contributed by atoms with van der Waals surface area (Å²) in [5.41, 5.74) is 2.59. The molecule has 0 spiro atoms. The van der Waals surface area contributed by atoms with Crippen LogP contribution in [0.4, 0.5) is 0 Å². The molecule has 0 atom stereocenters. The predicted octanol–water partition coefficient (Wildman–Crippen LogP) is 1.83. The fourth-order valence-corrected chi connectivity index (χ4v) is 1.47. The van der Waals surface area contributed by atoms with Crippen LogP contribution in [0.1, 0.15) is 11.1 Å². The van der Waals surface area contributed by atoms with E-state index >= 15 is 0 Å². The second-order valence-corrected chi connectivity index (χ2v) is 4.65. The summed E-state index contributed by atoms with van der Waals surface area (Å²) >= 11 is 0. The minimum atomic E-state index is 0.718. The molecule has 0 aromatic heterocycles. The Kier molecular flexibility index (Phi) is 6.01. The summed E-state index contributed by atoms with van der Waals surface area (Å²) in [6, 6.07) is 6.22. The zero-order valence-corrected chi connectivity index (χ0v) is 11.4. The predicted molar refractivity (Wildman–Crippen MR) is 72.8 cm³/mol. The van der Waals surface area contributed by atoms with Gasteiger partial charge in [0.1, 0.15) is 12.4 Å². The lowest BCUT2D eigenvalue weighted by Gasteiger charge is -2.11. The first-order chi connectivity index (χ1) is 8.09. The largest absolute Gasteiger partial charge is 0.492 e. The molecule has 0 aliphatic heterocycles. The summed E-state index contributed by atoms with van der Waals surface area (Å²) < 4.78 is 5.67. The summed E-state index contributed by atoms with van der Waals surface area (Å²) in [6.45, 7) is 7.89. The maximum atomic E-state index is 5.67. The Bertz CT molecular complexity index is 337. The summed E-state index contributed by atoms with van der Waals surface area (Å²) in [5.74, 6) is 0.961. The van der Waals surface area contributed by atoms with Crippen LogP contribution in [0.25, 0.3) is 0 Å². The average Bonchev–Trinajstić information content (AvgIpc) is 2.27. The smallest absolute Gasteiger partial charge is 0.119 e. The molecule has 0 amide bonds. The van der Waals surface area contributed by atoms with E-state index in [1.807, 2.05) is 6.07 Å². The van der Waals surface area contributed by atoms with Crippen molar-refractivity contribution >= 4 is 0 Å². The number of rotatable bonds is 7.